The van der Waals surface area contributed by atoms with Crippen LogP contribution < -0.4 is 5.32 Å². The number of halogens is 1. The molecule has 5 rings (SSSR count). The van der Waals surface area contributed by atoms with Crippen LogP contribution in [-0.4, -0.2) is 30.1 Å². The Morgan fingerprint density at radius 1 is 1.09 bits per heavy atom. The molecule has 9 heteroatoms. The number of nitrogens with zero attached hydrogens (tertiary/aromatic N) is 2. The van der Waals surface area contributed by atoms with Crippen molar-refractivity contribution >= 4 is 53.3 Å². The second-order valence-corrected chi connectivity index (χ2v) is 11.1. The Kier molecular flexibility index (Phi) is 5.66. The SMILES string of the molecule is CS(=O)(=O)c1ccc2nc(NC(=O)Cc3cn(Cc4ccc(F)cc4)c4ccccc34)sc2c1. The Hall–Kier alpha value is -3.56. The van der Waals surface area contributed by atoms with Crippen LogP contribution in [0.25, 0.3) is 21.1 Å². The molecule has 0 fully saturated rings. The van der Waals surface area contributed by atoms with Crippen LogP contribution in [0, 0.1) is 5.82 Å². The summed E-state index contributed by atoms with van der Waals surface area (Å²) < 4.78 is 39.6. The fourth-order valence-corrected chi connectivity index (χ4v) is 5.55. The molecule has 0 radical (unpaired) electrons. The molecule has 0 bridgehead atoms. The number of fused-ring (bicyclic) bond motifs is 2. The summed E-state index contributed by atoms with van der Waals surface area (Å²) >= 11 is 1.23. The minimum atomic E-state index is -3.32. The maximum Gasteiger partial charge on any atom is 0.230 e. The Balaban J connectivity index is 1.38. The lowest BCUT2D eigenvalue weighted by molar-refractivity contribution is -0.115. The van der Waals surface area contributed by atoms with Gasteiger partial charge < -0.3 is 9.88 Å². The first-order chi connectivity index (χ1) is 16.3. The van der Waals surface area contributed by atoms with Crippen molar-refractivity contribution in [1.82, 2.24) is 9.55 Å². The van der Waals surface area contributed by atoms with Gasteiger partial charge in [0.05, 0.1) is 21.5 Å². The van der Waals surface area contributed by atoms with E-state index in [0.717, 1.165) is 28.3 Å². The van der Waals surface area contributed by atoms with Crippen LogP contribution in [0.3, 0.4) is 0 Å². The van der Waals surface area contributed by atoms with E-state index in [4.69, 9.17) is 0 Å². The first-order valence-electron chi connectivity index (χ1n) is 10.5. The molecule has 34 heavy (non-hydrogen) atoms. The maximum absolute atomic E-state index is 13.3. The highest BCUT2D eigenvalue weighted by Crippen LogP contribution is 2.29. The van der Waals surface area contributed by atoms with E-state index in [9.17, 15) is 17.6 Å². The highest BCUT2D eigenvalue weighted by atomic mass is 32.2. The highest BCUT2D eigenvalue weighted by Gasteiger charge is 2.15. The maximum atomic E-state index is 13.3. The summed E-state index contributed by atoms with van der Waals surface area (Å²) in [4.78, 5) is 17.5. The molecule has 0 aliphatic carbocycles. The van der Waals surface area contributed by atoms with Crippen molar-refractivity contribution in [3.05, 3.63) is 89.9 Å². The molecule has 2 aromatic heterocycles. The van der Waals surface area contributed by atoms with Gasteiger partial charge in [-0.3, -0.25) is 4.79 Å². The van der Waals surface area contributed by atoms with Crippen LogP contribution in [0.4, 0.5) is 9.52 Å². The number of benzene rings is 3. The number of thiazole rings is 1. The van der Waals surface area contributed by atoms with Crippen LogP contribution >= 0.6 is 11.3 Å². The van der Waals surface area contributed by atoms with Crippen LogP contribution in [0.2, 0.25) is 0 Å². The summed E-state index contributed by atoms with van der Waals surface area (Å²) in [7, 11) is -3.32. The van der Waals surface area contributed by atoms with Gasteiger partial charge in [-0.1, -0.05) is 41.7 Å². The fourth-order valence-electron chi connectivity index (χ4n) is 3.91. The van der Waals surface area contributed by atoms with Crippen molar-refractivity contribution in [3.63, 3.8) is 0 Å². The zero-order valence-corrected chi connectivity index (χ0v) is 19.8. The van der Waals surface area contributed by atoms with Crippen LogP contribution in [0.5, 0.6) is 0 Å². The van der Waals surface area contributed by atoms with E-state index in [2.05, 4.69) is 14.9 Å². The van der Waals surface area contributed by atoms with E-state index in [1.165, 1.54) is 29.5 Å². The van der Waals surface area contributed by atoms with Gasteiger partial charge in [0.25, 0.3) is 0 Å². The van der Waals surface area contributed by atoms with Crippen LogP contribution in [-0.2, 0) is 27.6 Å². The second-order valence-electron chi connectivity index (χ2n) is 8.07. The molecule has 0 atom stereocenters. The monoisotopic (exact) mass is 493 g/mol. The third-order valence-electron chi connectivity index (χ3n) is 5.52. The number of amides is 1. The summed E-state index contributed by atoms with van der Waals surface area (Å²) in [6.45, 7) is 0.558. The molecule has 0 aliphatic heterocycles. The Labute approximate surface area is 199 Å². The fraction of sp³-hybridized carbons (Fsp3) is 0.120. The second kappa shape index (κ2) is 8.66. The summed E-state index contributed by atoms with van der Waals surface area (Å²) in [6, 6.07) is 18.9. The molecule has 5 aromatic rings. The average molecular weight is 494 g/mol. The number of carbonyl (C=O) groups is 1. The average Bonchev–Trinajstić information content (AvgIpc) is 3.35. The van der Waals surface area contributed by atoms with Crippen molar-refractivity contribution < 1.29 is 17.6 Å². The van der Waals surface area contributed by atoms with Crippen molar-refractivity contribution in [1.29, 1.82) is 0 Å². The largest absolute Gasteiger partial charge is 0.343 e. The number of sulfone groups is 1. The molecular formula is C25H20FN3O3S2. The molecule has 1 N–H and O–H groups in total. The van der Waals surface area contributed by atoms with Crippen molar-refractivity contribution in [2.75, 3.05) is 11.6 Å². The minimum Gasteiger partial charge on any atom is -0.343 e. The quantitative estimate of drug-likeness (QED) is 0.360. The van der Waals surface area contributed by atoms with Gasteiger partial charge in [0.15, 0.2) is 15.0 Å². The van der Waals surface area contributed by atoms with Crippen molar-refractivity contribution in [2.45, 2.75) is 17.9 Å². The third kappa shape index (κ3) is 4.57. The predicted molar refractivity (Wildman–Crippen MR) is 133 cm³/mol. The summed E-state index contributed by atoms with van der Waals surface area (Å²) in [6.07, 6.45) is 3.26. The molecule has 0 unspecified atom stereocenters. The zero-order chi connectivity index (χ0) is 23.9. The normalized spacial score (nSPS) is 11.8. The number of hydrogen-bond donors (Lipinski definition) is 1. The number of rotatable bonds is 6. The minimum absolute atomic E-state index is 0.154. The van der Waals surface area contributed by atoms with Crippen molar-refractivity contribution in [2.24, 2.45) is 0 Å². The molecular weight excluding hydrogens is 473 g/mol. The van der Waals surface area contributed by atoms with Gasteiger partial charge >= 0.3 is 0 Å². The predicted octanol–water partition coefficient (Wildman–Crippen LogP) is 5.02. The molecule has 3 aromatic carbocycles. The van der Waals surface area contributed by atoms with E-state index in [0.29, 0.717) is 21.9 Å². The Morgan fingerprint density at radius 2 is 1.85 bits per heavy atom. The summed E-state index contributed by atoms with van der Waals surface area (Å²) in [5, 5.41) is 4.23. The number of aromatic nitrogens is 2. The van der Waals surface area contributed by atoms with Gasteiger partial charge in [-0.15, -0.1) is 0 Å². The number of anilines is 1. The molecule has 0 aliphatic rings. The smallest absolute Gasteiger partial charge is 0.230 e. The first-order valence-corrected chi connectivity index (χ1v) is 13.2. The zero-order valence-electron chi connectivity index (χ0n) is 18.2. The molecule has 1 amide bonds. The Morgan fingerprint density at radius 3 is 2.62 bits per heavy atom. The molecule has 0 saturated heterocycles. The Bertz CT molecular complexity index is 1640. The topological polar surface area (TPSA) is 81.1 Å². The number of carbonyl (C=O) groups excluding carboxylic acids is 1. The van der Waals surface area contributed by atoms with Gasteiger partial charge in [0.2, 0.25) is 5.91 Å². The van der Waals surface area contributed by atoms with Gasteiger partial charge in [0, 0.05) is 29.9 Å². The molecule has 0 saturated carbocycles. The number of hydrogen-bond acceptors (Lipinski definition) is 5. The van der Waals surface area contributed by atoms with E-state index in [1.807, 2.05) is 30.5 Å². The molecule has 0 spiro atoms. The van der Waals surface area contributed by atoms with Gasteiger partial charge in [-0.2, -0.15) is 0 Å². The molecule has 172 valence electrons. The van der Waals surface area contributed by atoms with E-state index < -0.39 is 9.84 Å². The summed E-state index contributed by atoms with van der Waals surface area (Å²) in [5.41, 5.74) is 3.45. The van der Waals surface area contributed by atoms with E-state index in [-0.39, 0.29) is 23.0 Å². The summed E-state index contributed by atoms with van der Waals surface area (Å²) in [5.74, 6) is -0.493. The standard InChI is InChI=1S/C25H20FN3O3S2/c1-34(31,32)19-10-11-21-23(13-19)33-25(27-21)28-24(30)12-17-15-29(22-5-3-2-4-20(17)22)14-16-6-8-18(26)9-7-16/h2-11,13,15H,12,14H2,1H3,(H,27,28,30). The van der Waals surface area contributed by atoms with E-state index in [1.54, 1.807) is 24.3 Å². The lowest BCUT2D eigenvalue weighted by Gasteiger charge is -2.05. The van der Waals surface area contributed by atoms with Gasteiger partial charge in [-0.05, 0) is 47.5 Å². The van der Waals surface area contributed by atoms with Crippen molar-refractivity contribution in [3.8, 4) is 0 Å². The lowest BCUT2D eigenvalue weighted by Crippen LogP contribution is -2.14. The highest BCUT2D eigenvalue weighted by molar-refractivity contribution is 7.90. The first kappa shape index (κ1) is 22.2. The third-order valence-corrected chi connectivity index (χ3v) is 7.57. The molecule has 6 nitrogen and oxygen atoms in total. The number of nitrogens with one attached hydrogen (secondary N) is 1. The molecule has 2 heterocycles. The van der Waals surface area contributed by atoms with Crippen LogP contribution in [0.1, 0.15) is 11.1 Å². The number of para-hydroxylation sites is 1. The van der Waals surface area contributed by atoms with E-state index >= 15 is 0 Å². The lowest BCUT2D eigenvalue weighted by atomic mass is 10.1. The van der Waals surface area contributed by atoms with Gasteiger partial charge in [0.1, 0.15) is 5.82 Å². The van der Waals surface area contributed by atoms with Crippen LogP contribution in [0.15, 0.2) is 77.8 Å². The van der Waals surface area contributed by atoms with Gasteiger partial charge in [-0.25, -0.2) is 17.8 Å².